The third kappa shape index (κ3) is 5.87. The zero-order valence-electron chi connectivity index (χ0n) is 20.3. The lowest BCUT2D eigenvalue weighted by atomic mass is 10.0. The van der Waals surface area contributed by atoms with Gasteiger partial charge in [-0.05, 0) is 74.0 Å². The second-order valence-electron chi connectivity index (χ2n) is 8.09. The van der Waals surface area contributed by atoms with Crippen molar-refractivity contribution in [2.75, 3.05) is 19.5 Å². The number of H-pyrrole nitrogens is 1. The molecule has 0 fully saturated rings. The number of benzene rings is 3. The SMILES string of the molecule is CCC(Sc1nc(-c2ccc(OC)cc2)c(-c2ccc(OC)cc2)[nH]1)C(=O)Nc1ccc(C)cc1. The third-order valence-corrected chi connectivity index (χ3v) is 6.91. The van der Waals surface area contributed by atoms with Crippen molar-refractivity contribution < 1.29 is 14.3 Å². The number of thioether (sulfide) groups is 1. The fourth-order valence-electron chi connectivity index (χ4n) is 3.65. The van der Waals surface area contributed by atoms with Crippen molar-refractivity contribution in [2.45, 2.75) is 30.7 Å². The Morgan fingerprint density at radius 3 is 2.03 bits per heavy atom. The summed E-state index contributed by atoms with van der Waals surface area (Å²) in [6.45, 7) is 4.03. The van der Waals surface area contributed by atoms with E-state index in [1.807, 2.05) is 86.6 Å². The Balaban J connectivity index is 1.63. The molecule has 0 radical (unpaired) electrons. The van der Waals surface area contributed by atoms with Crippen LogP contribution in [0, 0.1) is 6.92 Å². The van der Waals surface area contributed by atoms with Crippen LogP contribution in [0.2, 0.25) is 0 Å². The number of nitrogens with zero attached hydrogens (tertiary/aromatic N) is 1. The third-order valence-electron chi connectivity index (χ3n) is 5.66. The molecule has 180 valence electrons. The van der Waals surface area contributed by atoms with E-state index in [9.17, 15) is 4.79 Å². The Morgan fingerprint density at radius 1 is 0.914 bits per heavy atom. The number of aromatic nitrogens is 2. The Labute approximate surface area is 210 Å². The zero-order valence-corrected chi connectivity index (χ0v) is 21.1. The quantitative estimate of drug-likeness (QED) is 0.261. The van der Waals surface area contributed by atoms with E-state index in [0.717, 1.165) is 45.3 Å². The molecule has 1 unspecified atom stereocenters. The molecule has 1 aromatic heterocycles. The van der Waals surface area contributed by atoms with Gasteiger partial charge in [0.25, 0.3) is 0 Å². The van der Waals surface area contributed by atoms with Crippen LogP contribution in [0.5, 0.6) is 11.5 Å². The fraction of sp³-hybridized carbons (Fsp3) is 0.214. The van der Waals surface area contributed by atoms with Gasteiger partial charge in [0.15, 0.2) is 5.16 Å². The van der Waals surface area contributed by atoms with Gasteiger partial charge in [0, 0.05) is 16.8 Å². The van der Waals surface area contributed by atoms with E-state index in [-0.39, 0.29) is 11.2 Å². The molecule has 0 saturated heterocycles. The number of hydrogen-bond acceptors (Lipinski definition) is 5. The van der Waals surface area contributed by atoms with Gasteiger partial charge in [-0.2, -0.15) is 0 Å². The summed E-state index contributed by atoms with van der Waals surface area (Å²) in [7, 11) is 3.29. The van der Waals surface area contributed by atoms with Crippen molar-refractivity contribution >= 4 is 23.4 Å². The molecule has 0 saturated carbocycles. The standard InChI is InChI=1S/C28H29N3O3S/c1-5-24(27(32)29-21-12-6-18(2)7-13-21)35-28-30-25(19-8-14-22(33-3)15-9-19)26(31-28)20-10-16-23(34-4)17-11-20/h6-17,24H,5H2,1-4H3,(H,29,32)(H,30,31). The number of ether oxygens (including phenoxy) is 2. The van der Waals surface area contributed by atoms with Gasteiger partial charge < -0.3 is 19.8 Å². The molecule has 4 aromatic rings. The second kappa shape index (κ2) is 11.1. The molecular formula is C28H29N3O3S. The number of aromatic amines is 1. The van der Waals surface area contributed by atoms with Crippen molar-refractivity contribution in [2.24, 2.45) is 0 Å². The molecule has 4 rings (SSSR count). The molecule has 0 aliphatic rings. The first-order valence-corrected chi connectivity index (χ1v) is 12.3. The summed E-state index contributed by atoms with van der Waals surface area (Å²) in [6, 6.07) is 23.4. The molecule has 35 heavy (non-hydrogen) atoms. The predicted molar refractivity (Wildman–Crippen MR) is 142 cm³/mol. The van der Waals surface area contributed by atoms with Crippen LogP contribution >= 0.6 is 11.8 Å². The van der Waals surface area contributed by atoms with Crippen molar-refractivity contribution in [3.8, 4) is 34.0 Å². The van der Waals surface area contributed by atoms with Gasteiger partial charge in [-0.1, -0.05) is 36.4 Å². The van der Waals surface area contributed by atoms with Crippen molar-refractivity contribution in [3.63, 3.8) is 0 Å². The number of methoxy groups -OCH3 is 2. The van der Waals surface area contributed by atoms with Crippen LogP contribution in [0.25, 0.3) is 22.5 Å². The number of anilines is 1. The Kier molecular flexibility index (Phi) is 7.77. The summed E-state index contributed by atoms with van der Waals surface area (Å²) in [6.07, 6.45) is 0.665. The highest BCUT2D eigenvalue weighted by Gasteiger charge is 2.22. The van der Waals surface area contributed by atoms with E-state index in [1.54, 1.807) is 14.2 Å². The normalized spacial score (nSPS) is 11.7. The van der Waals surface area contributed by atoms with Gasteiger partial charge >= 0.3 is 0 Å². The lowest BCUT2D eigenvalue weighted by molar-refractivity contribution is -0.115. The number of nitrogens with one attached hydrogen (secondary N) is 2. The largest absolute Gasteiger partial charge is 0.497 e. The Bertz CT molecular complexity index is 1200. The molecule has 1 atom stereocenters. The first kappa shape index (κ1) is 24.4. The zero-order chi connectivity index (χ0) is 24.8. The first-order chi connectivity index (χ1) is 17.0. The second-order valence-corrected chi connectivity index (χ2v) is 9.28. The monoisotopic (exact) mass is 487 g/mol. The smallest absolute Gasteiger partial charge is 0.237 e. The van der Waals surface area contributed by atoms with Gasteiger partial charge in [0.2, 0.25) is 5.91 Å². The summed E-state index contributed by atoms with van der Waals surface area (Å²) in [4.78, 5) is 21.4. The van der Waals surface area contributed by atoms with Gasteiger partial charge in [-0.25, -0.2) is 4.98 Å². The lowest BCUT2D eigenvalue weighted by Gasteiger charge is -2.13. The van der Waals surface area contributed by atoms with Crippen molar-refractivity contribution in [1.82, 2.24) is 9.97 Å². The maximum atomic E-state index is 13.0. The van der Waals surface area contributed by atoms with Crippen LogP contribution in [0.15, 0.2) is 78.0 Å². The average molecular weight is 488 g/mol. The van der Waals surface area contributed by atoms with E-state index >= 15 is 0 Å². The minimum atomic E-state index is -0.296. The molecule has 2 N–H and O–H groups in total. The summed E-state index contributed by atoms with van der Waals surface area (Å²) in [5.74, 6) is 1.52. The van der Waals surface area contributed by atoms with E-state index in [2.05, 4.69) is 10.3 Å². The molecule has 0 aliphatic carbocycles. The molecular weight excluding hydrogens is 458 g/mol. The van der Waals surface area contributed by atoms with E-state index in [4.69, 9.17) is 14.5 Å². The van der Waals surface area contributed by atoms with Gasteiger partial charge in [0.1, 0.15) is 11.5 Å². The van der Waals surface area contributed by atoms with Gasteiger partial charge in [-0.15, -0.1) is 0 Å². The van der Waals surface area contributed by atoms with Gasteiger partial charge in [0.05, 0.1) is 30.9 Å². The molecule has 7 heteroatoms. The number of carbonyl (C=O) groups is 1. The van der Waals surface area contributed by atoms with E-state index < -0.39 is 0 Å². The minimum Gasteiger partial charge on any atom is -0.497 e. The Morgan fingerprint density at radius 2 is 1.49 bits per heavy atom. The van der Waals surface area contributed by atoms with Crippen LogP contribution in [0.4, 0.5) is 5.69 Å². The fourth-order valence-corrected chi connectivity index (χ4v) is 4.56. The maximum absolute atomic E-state index is 13.0. The minimum absolute atomic E-state index is 0.0465. The van der Waals surface area contributed by atoms with Crippen LogP contribution in [-0.4, -0.2) is 35.3 Å². The van der Waals surface area contributed by atoms with E-state index in [1.165, 1.54) is 11.8 Å². The highest BCUT2D eigenvalue weighted by Crippen LogP contribution is 2.35. The van der Waals surface area contributed by atoms with Crippen LogP contribution in [0.3, 0.4) is 0 Å². The summed E-state index contributed by atoms with van der Waals surface area (Å²) >= 11 is 1.43. The molecule has 1 heterocycles. The number of imidazole rings is 1. The van der Waals surface area contributed by atoms with Crippen LogP contribution in [-0.2, 0) is 4.79 Å². The van der Waals surface area contributed by atoms with E-state index in [0.29, 0.717) is 11.6 Å². The molecule has 1 amide bonds. The summed E-state index contributed by atoms with van der Waals surface area (Å²) in [5, 5.41) is 3.41. The number of rotatable bonds is 9. The molecule has 0 bridgehead atoms. The van der Waals surface area contributed by atoms with Crippen LogP contribution < -0.4 is 14.8 Å². The van der Waals surface area contributed by atoms with Crippen molar-refractivity contribution in [3.05, 3.63) is 78.4 Å². The number of amides is 1. The highest BCUT2D eigenvalue weighted by atomic mass is 32.2. The number of carbonyl (C=O) groups excluding carboxylic acids is 1. The summed E-state index contributed by atoms with van der Waals surface area (Å²) < 4.78 is 10.6. The van der Waals surface area contributed by atoms with Gasteiger partial charge in [-0.3, -0.25) is 4.79 Å². The molecule has 0 aliphatic heterocycles. The topological polar surface area (TPSA) is 76.2 Å². The summed E-state index contributed by atoms with van der Waals surface area (Å²) in [5.41, 5.74) is 5.57. The van der Waals surface area contributed by atoms with Crippen LogP contribution in [0.1, 0.15) is 18.9 Å². The molecule has 6 nitrogen and oxygen atoms in total. The number of hydrogen-bond donors (Lipinski definition) is 2. The molecule has 0 spiro atoms. The predicted octanol–water partition coefficient (Wildman–Crippen LogP) is 6.58. The highest BCUT2D eigenvalue weighted by molar-refractivity contribution is 8.00. The lowest BCUT2D eigenvalue weighted by Crippen LogP contribution is -2.24. The first-order valence-electron chi connectivity index (χ1n) is 11.4. The number of aryl methyl sites for hydroxylation is 1. The average Bonchev–Trinajstić information content (AvgIpc) is 3.32. The van der Waals surface area contributed by atoms with Crippen molar-refractivity contribution in [1.29, 1.82) is 0 Å². The molecule has 3 aromatic carbocycles. The maximum Gasteiger partial charge on any atom is 0.237 e. The Hall–Kier alpha value is -3.71.